The molecule has 0 radical (unpaired) electrons. The number of carbonyl (C=O) groups excluding carboxylic acids is 9. The number of hydrogen-bond acceptors (Lipinski definition) is 19. The van der Waals surface area contributed by atoms with Crippen molar-refractivity contribution in [1.29, 1.82) is 0 Å². The normalized spacial score (nSPS) is 21.6. The van der Waals surface area contributed by atoms with Crippen LogP contribution < -0.4 is 52.0 Å². The number of carbonyl (C=O) groups is 11. The van der Waals surface area contributed by atoms with Crippen LogP contribution in [-0.4, -0.2) is 197 Å². The summed E-state index contributed by atoms with van der Waals surface area (Å²) in [5.41, 5.74) is 0.919. The average Bonchev–Trinajstić information content (AvgIpc) is 1.63. The molecule has 31 heteroatoms. The lowest BCUT2D eigenvalue weighted by Crippen LogP contribution is -2.61. The van der Waals surface area contributed by atoms with Crippen molar-refractivity contribution in [3.63, 3.8) is 0 Å². The summed E-state index contributed by atoms with van der Waals surface area (Å²) in [6.07, 6.45) is 2.04. The molecule has 0 aliphatic carbocycles. The second-order valence-electron chi connectivity index (χ2n) is 31.4. The predicted octanol–water partition coefficient (Wildman–Crippen LogP) is 4.45. The summed E-state index contributed by atoms with van der Waals surface area (Å²) in [6.45, 7) is 13.5. The topological polar surface area (TPSA) is 411 Å². The van der Waals surface area contributed by atoms with Crippen molar-refractivity contribution in [3.05, 3.63) is 179 Å². The van der Waals surface area contributed by atoms with E-state index in [1.165, 1.54) is 25.4 Å². The van der Waals surface area contributed by atoms with E-state index in [-0.39, 0.29) is 76.2 Å². The fourth-order valence-electron chi connectivity index (χ4n) is 14.4. The molecule has 10 N–H and O–H groups in total. The highest BCUT2D eigenvalue weighted by atomic mass is 16.5. The molecule has 596 valence electrons. The zero-order valence-corrected chi connectivity index (χ0v) is 64.8. The van der Waals surface area contributed by atoms with Gasteiger partial charge in [0.25, 0.3) is 5.91 Å². The van der Waals surface area contributed by atoms with Crippen LogP contribution in [0.25, 0.3) is 21.5 Å². The zero-order valence-electron chi connectivity index (χ0n) is 64.8. The van der Waals surface area contributed by atoms with E-state index in [2.05, 4.69) is 63.2 Å². The molecule has 8 aromatic rings. The second kappa shape index (κ2) is 35.6. The van der Waals surface area contributed by atoms with Crippen LogP contribution in [0.1, 0.15) is 120 Å². The number of nitrogens with zero attached hydrogens (tertiary/aromatic N) is 8. The summed E-state index contributed by atoms with van der Waals surface area (Å²) in [5.74, 6) is -9.88. The Hall–Kier alpha value is -12.0. The van der Waals surface area contributed by atoms with Gasteiger partial charge in [0.2, 0.25) is 47.3 Å². The molecule has 9 amide bonds. The highest BCUT2D eigenvalue weighted by molar-refractivity contribution is 6.02. The van der Waals surface area contributed by atoms with Crippen molar-refractivity contribution in [2.45, 2.75) is 180 Å². The Morgan fingerprint density at radius 3 is 1.35 bits per heavy atom. The van der Waals surface area contributed by atoms with Crippen molar-refractivity contribution >= 4 is 86.6 Å². The van der Waals surface area contributed by atoms with Gasteiger partial charge in [0.05, 0.1) is 42.5 Å². The highest BCUT2D eigenvalue weighted by Gasteiger charge is 2.51. The fourth-order valence-corrected chi connectivity index (χ4v) is 14.4. The van der Waals surface area contributed by atoms with E-state index in [4.69, 9.17) is 9.47 Å². The van der Waals surface area contributed by atoms with Gasteiger partial charge < -0.3 is 66.7 Å². The number of ether oxygens (including phenoxy) is 2. The predicted molar refractivity (Wildman–Crippen MR) is 415 cm³/mol. The van der Waals surface area contributed by atoms with Gasteiger partial charge in [0.15, 0.2) is 0 Å². The fraction of sp³-hybridized carbons (Fsp3) is 0.427. The third kappa shape index (κ3) is 20.2. The Morgan fingerprint density at radius 2 is 0.929 bits per heavy atom. The maximum atomic E-state index is 15.6. The zero-order chi connectivity index (χ0) is 81.2. The van der Waals surface area contributed by atoms with Gasteiger partial charge in [0, 0.05) is 38.8 Å². The van der Waals surface area contributed by atoms with Crippen LogP contribution in [0.15, 0.2) is 146 Å². The Morgan fingerprint density at radius 1 is 0.513 bits per heavy atom. The number of aliphatic carboxylic acids is 2. The molecule has 12 atom stereocenters. The molecule has 31 nitrogen and oxygen atoms in total. The van der Waals surface area contributed by atoms with Crippen molar-refractivity contribution in [1.82, 2.24) is 82.3 Å². The number of nitrogens with one attached hydrogen (secondary N) is 8. The first-order valence-electron chi connectivity index (χ1n) is 37.8. The highest BCUT2D eigenvalue weighted by Crippen LogP contribution is 2.36. The van der Waals surface area contributed by atoms with E-state index in [0.717, 1.165) is 21.5 Å². The number of carboxylic acid groups (broad SMARTS) is 2. The van der Waals surface area contributed by atoms with Crippen LogP contribution in [-0.2, 0) is 91.6 Å². The molecule has 6 aliphatic rings. The second-order valence-corrected chi connectivity index (χ2v) is 31.4. The van der Waals surface area contributed by atoms with Crippen molar-refractivity contribution < 1.29 is 72.4 Å². The molecular formula is C82H98N16O15. The van der Waals surface area contributed by atoms with E-state index in [1.807, 2.05) is 72.8 Å². The number of benzene rings is 6. The average molecular weight is 1550 g/mol. The number of likely N-dealkylation sites (N-methyl/N-ethyl adjacent to an activating group) is 2. The van der Waals surface area contributed by atoms with Gasteiger partial charge in [-0.25, -0.2) is 19.0 Å². The molecule has 2 aromatic heterocycles. The SMILES string of the molecule is CN[C@@H](C)C(=O)N[C@H](C(=O)N1CC[C@@H]2[C@H]1C(=O)NC(=O)C[C@@H](Cc1ccc3ccccc3c1)C(=O)N[C@H](C(=O)O)Cc1ccc(cc1)OCc1cn(nn1)[C@@H]1CCN(C(=O)[C@@H](NC(=O)[C@H](C)NC)C(C)(C)C)[C@@H]1C(=O)N[C@@H](Cc1ccc3ccccc3c1)C(=O)N[C@H](C(=O)O)Cc1ccc(cc1)OCc1cn2nn1)C(C)(C)C. The molecular weight excluding hydrogens is 1450 g/mol. The number of imide groups is 1. The Balaban J connectivity index is 0.931. The summed E-state index contributed by atoms with van der Waals surface area (Å²) >= 11 is 0. The van der Waals surface area contributed by atoms with Gasteiger partial charge in [0.1, 0.15) is 78.4 Å². The lowest BCUT2D eigenvalue weighted by atomic mass is 9.85. The van der Waals surface area contributed by atoms with Gasteiger partial charge >= 0.3 is 11.9 Å². The number of fused-ring (bicyclic) bond motifs is 2. The molecule has 8 heterocycles. The molecule has 14 rings (SSSR count). The summed E-state index contributed by atoms with van der Waals surface area (Å²) < 4.78 is 15.2. The largest absolute Gasteiger partial charge is 0.487 e. The minimum atomic E-state index is -1.55. The number of hydrogen-bond donors (Lipinski definition) is 10. The van der Waals surface area contributed by atoms with Crippen LogP contribution in [0.4, 0.5) is 0 Å². The summed E-state index contributed by atoms with van der Waals surface area (Å²) in [7, 11) is 3.20. The molecule has 0 spiro atoms. The monoisotopic (exact) mass is 1550 g/mol. The minimum Gasteiger partial charge on any atom is -0.487 e. The number of amides is 9. The number of likely N-dealkylation sites (tertiary alicyclic amines) is 2. The third-order valence-corrected chi connectivity index (χ3v) is 21.1. The Kier molecular flexibility index (Phi) is 25.8. The third-order valence-electron chi connectivity index (χ3n) is 21.1. The lowest BCUT2D eigenvalue weighted by Gasteiger charge is -2.37. The maximum Gasteiger partial charge on any atom is 0.326 e. The quantitative estimate of drug-likeness (QED) is 0.0672. The van der Waals surface area contributed by atoms with Crippen molar-refractivity contribution in [2.75, 3.05) is 27.2 Å². The maximum absolute atomic E-state index is 15.6. The molecule has 2 fully saturated rings. The van der Waals surface area contributed by atoms with Crippen LogP contribution in [0.2, 0.25) is 0 Å². The van der Waals surface area contributed by atoms with Gasteiger partial charge in [-0.2, -0.15) is 0 Å². The molecule has 0 saturated carbocycles. The van der Waals surface area contributed by atoms with Gasteiger partial charge in [-0.15, -0.1) is 10.2 Å². The minimum absolute atomic E-state index is 0.0140. The van der Waals surface area contributed by atoms with Gasteiger partial charge in [-0.3, -0.25) is 48.5 Å². The van der Waals surface area contributed by atoms with E-state index < -0.39 is 155 Å². The van der Waals surface area contributed by atoms with Gasteiger partial charge in [-0.1, -0.05) is 161 Å². The first kappa shape index (κ1) is 82.0. The molecule has 2 saturated heterocycles. The molecule has 6 aromatic carbocycles. The van der Waals surface area contributed by atoms with Crippen LogP contribution >= 0.6 is 0 Å². The van der Waals surface area contributed by atoms with E-state index in [0.29, 0.717) is 33.8 Å². The van der Waals surface area contributed by atoms with E-state index in [1.54, 1.807) is 136 Å². The van der Waals surface area contributed by atoms with E-state index in [9.17, 15) is 39.0 Å². The molecule has 0 unspecified atom stereocenters. The Labute approximate surface area is 653 Å². The Bertz CT molecular complexity index is 4840. The number of carboxylic acids is 2. The summed E-state index contributed by atoms with van der Waals surface area (Å²) in [5, 5.41) is 64.9. The van der Waals surface area contributed by atoms with Crippen molar-refractivity contribution in [3.8, 4) is 11.5 Å². The number of rotatable bonds is 14. The number of aromatic nitrogens is 6. The van der Waals surface area contributed by atoms with Crippen LogP contribution in [0.5, 0.6) is 11.5 Å². The molecule has 6 aliphatic heterocycles. The van der Waals surface area contributed by atoms with Crippen LogP contribution in [0.3, 0.4) is 0 Å². The first-order chi connectivity index (χ1) is 53.8. The van der Waals surface area contributed by atoms with E-state index >= 15 is 24.0 Å². The van der Waals surface area contributed by atoms with Crippen molar-refractivity contribution in [2.24, 2.45) is 16.7 Å². The lowest BCUT2D eigenvalue weighted by molar-refractivity contribution is -0.146. The first-order valence-corrected chi connectivity index (χ1v) is 37.8. The van der Waals surface area contributed by atoms with Crippen LogP contribution in [0, 0.1) is 16.7 Å². The summed E-state index contributed by atoms with van der Waals surface area (Å²) in [6, 6.07) is 25.9. The molecule has 8 bridgehead atoms. The summed E-state index contributed by atoms with van der Waals surface area (Å²) in [4.78, 5) is 162. The standard InChI is InChI=1S/C82H98N16O15/c1-46(83-9)71(100)89-69(81(3,4)5)77(106)95-33-31-64-67(95)75(104)85-61(40-51-20-26-53-16-12-14-18-55(53)36-51)74(103)87-63(80(110)111)39-49-23-29-60(30-24-49)113-45-58-43-98(94-92-58)65-32-34-96(78(107)70(82(6,7)8)90-72(101)47(2)84-10)68(65)76(105)88-66(99)41-56(37-50-19-25-52-15-11-13-17-54(52)35-50)73(102)86-62(79(108)109)38-48-21-27-59(28-22-48)112-44-57-42-97(64)93-91-57/h11-30,35-36,42-43,46-47,56,61-65,67-70,83-84H,31-34,37-41,44-45H2,1-10H3,(H,85,104)(H,86,102)(H,87,103)(H,89,100)(H,90,101)(H,108,109)(H,110,111)(H,88,99,105)/t46-,47-,56+,61-,62-,63-,64+,65+,67-,68-,69+,70+/m0/s1. The molecule has 113 heavy (non-hydrogen) atoms. The smallest absolute Gasteiger partial charge is 0.326 e. The van der Waals surface area contributed by atoms with Gasteiger partial charge in [-0.05, 0) is 126 Å².